The Hall–Kier alpha value is -2.16. The fourth-order valence-corrected chi connectivity index (χ4v) is 2.81. The van der Waals surface area contributed by atoms with Crippen molar-refractivity contribution in [3.8, 4) is 0 Å². The van der Waals surface area contributed by atoms with Gasteiger partial charge in [0.2, 0.25) is 5.91 Å². The van der Waals surface area contributed by atoms with Crippen LogP contribution in [0.2, 0.25) is 0 Å². The van der Waals surface area contributed by atoms with Gasteiger partial charge in [-0.05, 0) is 35.6 Å². The van der Waals surface area contributed by atoms with Crippen molar-refractivity contribution in [2.75, 3.05) is 7.05 Å². The Balaban J connectivity index is 2.22. The van der Waals surface area contributed by atoms with Crippen LogP contribution in [0.15, 0.2) is 42.6 Å². The Labute approximate surface area is 112 Å². The Kier molecular flexibility index (Phi) is 3.03. The van der Waals surface area contributed by atoms with Crippen LogP contribution in [0.1, 0.15) is 28.3 Å². The number of hydrogen-bond acceptors (Lipinski definition) is 2. The molecule has 1 unspecified atom stereocenters. The van der Waals surface area contributed by atoms with Crippen LogP contribution >= 0.6 is 0 Å². The first-order valence-corrected chi connectivity index (χ1v) is 6.54. The fourth-order valence-electron chi connectivity index (χ4n) is 2.81. The molecule has 1 aromatic heterocycles. The summed E-state index contributed by atoms with van der Waals surface area (Å²) in [6.07, 6.45) is 3.63. The number of hydrogen-bond donors (Lipinski definition) is 1. The lowest BCUT2D eigenvalue weighted by atomic mass is 9.88. The zero-order valence-corrected chi connectivity index (χ0v) is 10.9. The molecular weight excluding hydrogens is 236 g/mol. The first-order valence-electron chi connectivity index (χ1n) is 6.54. The van der Waals surface area contributed by atoms with Crippen molar-refractivity contribution in [2.45, 2.75) is 18.8 Å². The number of nitrogens with one attached hydrogen (secondary N) is 1. The number of carbonyl (C=O) groups excluding carboxylic acids is 1. The zero-order chi connectivity index (χ0) is 13.2. The largest absolute Gasteiger partial charge is 0.358 e. The van der Waals surface area contributed by atoms with Gasteiger partial charge >= 0.3 is 0 Å². The Morgan fingerprint density at radius 1 is 1.16 bits per heavy atom. The van der Waals surface area contributed by atoms with E-state index in [1.807, 2.05) is 24.3 Å². The van der Waals surface area contributed by atoms with E-state index in [2.05, 4.69) is 22.4 Å². The summed E-state index contributed by atoms with van der Waals surface area (Å²) in [5.74, 6) is -0.212. The van der Waals surface area contributed by atoms with Gasteiger partial charge in [-0.2, -0.15) is 0 Å². The second kappa shape index (κ2) is 4.84. The number of aromatic nitrogens is 1. The van der Waals surface area contributed by atoms with Crippen molar-refractivity contribution < 1.29 is 4.79 Å². The molecule has 1 amide bonds. The van der Waals surface area contributed by atoms with E-state index in [0.29, 0.717) is 0 Å². The fraction of sp³-hybridized carbons (Fsp3) is 0.250. The topological polar surface area (TPSA) is 42.0 Å². The number of likely N-dealkylation sites (N-methyl/N-ethyl adjacent to an activating group) is 1. The molecule has 0 aliphatic heterocycles. The maximum absolute atomic E-state index is 12.3. The predicted molar refractivity (Wildman–Crippen MR) is 74.0 cm³/mol. The smallest absolute Gasteiger partial charge is 0.231 e. The third kappa shape index (κ3) is 2.01. The number of rotatable bonds is 1. The number of benzene rings is 1. The highest BCUT2D eigenvalue weighted by Crippen LogP contribution is 2.33. The summed E-state index contributed by atoms with van der Waals surface area (Å²) in [7, 11) is 1.69. The van der Waals surface area contributed by atoms with Gasteiger partial charge in [-0.25, -0.2) is 0 Å². The minimum atomic E-state index is -0.243. The molecule has 2 aromatic rings. The minimum absolute atomic E-state index is 0.0311. The number of pyridine rings is 1. The van der Waals surface area contributed by atoms with Crippen molar-refractivity contribution in [2.24, 2.45) is 0 Å². The molecule has 3 nitrogen and oxygen atoms in total. The summed E-state index contributed by atoms with van der Waals surface area (Å²) in [5, 5.41) is 2.78. The summed E-state index contributed by atoms with van der Waals surface area (Å²) >= 11 is 0. The molecule has 0 radical (unpaired) electrons. The van der Waals surface area contributed by atoms with Crippen LogP contribution in [0.3, 0.4) is 0 Å². The van der Waals surface area contributed by atoms with E-state index < -0.39 is 0 Å². The molecule has 0 saturated heterocycles. The van der Waals surface area contributed by atoms with E-state index in [4.69, 9.17) is 0 Å². The molecule has 1 atom stereocenters. The standard InChI is InChI=1S/C16H16N2O/c1-17-16(19)15-12-6-3-2-5-11(12)8-9-14-13(15)7-4-10-18-14/h2-7,10,15H,8-9H2,1H3,(H,17,19). The molecule has 1 aliphatic carbocycles. The molecular formula is C16H16N2O. The quantitative estimate of drug-likeness (QED) is 0.844. The van der Waals surface area contributed by atoms with Crippen molar-refractivity contribution in [1.82, 2.24) is 10.3 Å². The average Bonchev–Trinajstić information content (AvgIpc) is 2.63. The molecule has 0 bridgehead atoms. The summed E-state index contributed by atoms with van der Waals surface area (Å²) in [4.78, 5) is 16.8. The highest BCUT2D eigenvalue weighted by Gasteiger charge is 2.28. The predicted octanol–water partition coefficient (Wildman–Crippen LogP) is 2.06. The molecule has 96 valence electrons. The second-order valence-electron chi connectivity index (χ2n) is 4.79. The molecule has 0 fully saturated rings. The SMILES string of the molecule is CNC(=O)C1c2ccccc2CCc2ncccc21. The van der Waals surface area contributed by atoms with Crippen LogP contribution in [0.5, 0.6) is 0 Å². The molecule has 19 heavy (non-hydrogen) atoms. The first kappa shape index (κ1) is 11.9. The van der Waals surface area contributed by atoms with Gasteiger partial charge in [-0.3, -0.25) is 9.78 Å². The van der Waals surface area contributed by atoms with E-state index in [-0.39, 0.29) is 11.8 Å². The van der Waals surface area contributed by atoms with Gasteiger partial charge in [-0.15, -0.1) is 0 Å². The van der Waals surface area contributed by atoms with Crippen LogP contribution in [-0.2, 0) is 17.6 Å². The maximum atomic E-state index is 12.3. The van der Waals surface area contributed by atoms with Crippen molar-refractivity contribution in [3.05, 3.63) is 65.0 Å². The number of fused-ring (bicyclic) bond motifs is 2. The number of nitrogens with zero attached hydrogens (tertiary/aromatic N) is 1. The maximum Gasteiger partial charge on any atom is 0.231 e. The van der Waals surface area contributed by atoms with Crippen LogP contribution in [0.4, 0.5) is 0 Å². The van der Waals surface area contributed by atoms with Crippen LogP contribution in [-0.4, -0.2) is 17.9 Å². The van der Waals surface area contributed by atoms with Gasteiger partial charge in [0.15, 0.2) is 0 Å². The monoisotopic (exact) mass is 252 g/mol. The average molecular weight is 252 g/mol. The van der Waals surface area contributed by atoms with Gasteiger partial charge in [0, 0.05) is 18.9 Å². The molecule has 0 spiro atoms. The summed E-state index contributed by atoms with van der Waals surface area (Å²) in [6, 6.07) is 12.1. The molecule has 1 N–H and O–H groups in total. The number of carbonyl (C=O) groups is 1. The Morgan fingerprint density at radius 3 is 2.79 bits per heavy atom. The van der Waals surface area contributed by atoms with Crippen LogP contribution in [0.25, 0.3) is 0 Å². The molecule has 3 heteroatoms. The van der Waals surface area contributed by atoms with E-state index in [0.717, 1.165) is 29.7 Å². The van der Waals surface area contributed by atoms with Crippen LogP contribution in [0, 0.1) is 0 Å². The van der Waals surface area contributed by atoms with Gasteiger partial charge in [-0.1, -0.05) is 30.3 Å². The van der Waals surface area contributed by atoms with Gasteiger partial charge in [0.25, 0.3) is 0 Å². The molecule has 1 heterocycles. The molecule has 3 rings (SSSR count). The normalized spacial score (nSPS) is 17.0. The molecule has 1 aromatic carbocycles. The summed E-state index contributed by atoms with van der Waals surface area (Å²) in [5.41, 5.74) is 4.42. The van der Waals surface area contributed by atoms with E-state index in [1.165, 1.54) is 5.56 Å². The first-order chi connectivity index (χ1) is 9.31. The third-order valence-electron chi connectivity index (χ3n) is 3.74. The highest BCUT2D eigenvalue weighted by atomic mass is 16.1. The van der Waals surface area contributed by atoms with Crippen molar-refractivity contribution >= 4 is 5.91 Å². The van der Waals surface area contributed by atoms with Crippen LogP contribution < -0.4 is 5.32 Å². The zero-order valence-electron chi connectivity index (χ0n) is 10.9. The van der Waals surface area contributed by atoms with E-state index >= 15 is 0 Å². The molecule has 1 aliphatic rings. The lowest BCUT2D eigenvalue weighted by molar-refractivity contribution is -0.121. The summed E-state index contributed by atoms with van der Waals surface area (Å²) < 4.78 is 0. The summed E-state index contributed by atoms with van der Waals surface area (Å²) in [6.45, 7) is 0. The lowest BCUT2D eigenvalue weighted by Crippen LogP contribution is -2.27. The lowest BCUT2D eigenvalue weighted by Gasteiger charge is -2.18. The van der Waals surface area contributed by atoms with Crippen molar-refractivity contribution in [1.29, 1.82) is 0 Å². The van der Waals surface area contributed by atoms with E-state index in [1.54, 1.807) is 13.2 Å². The van der Waals surface area contributed by atoms with E-state index in [9.17, 15) is 4.79 Å². The Bertz CT molecular complexity index is 574. The van der Waals surface area contributed by atoms with Crippen molar-refractivity contribution in [3.63, 3.8) is 0 Å². The second-order valence-corrected chi connectivity index (χ2v) is 4.79. The third-order valence-corrected chi connectivity index (χ3v) is 3.74. The number of aryl methyl sites for hydroxylation is 2. The molecule has 0 saturated carbocycles. The van der Waals surface area contributed by atoms with Gasteiger partial charge in [0.05, 0.1) is 5.92 Å². The highest BCUT2D eigenvalue weighted by molar-refractivity contribution is 5.87. The minimum Gasteiger partial charge on any atom is -0.358 e. The van der Waals surface area contributed by atoms with Gasteiger partial charge in [0.1, 0.15) is 0 Å². The Morgan fingerprint density at radius 2 is 1.95 bits per heavy atom. The van der Waals surface area contributed by atoms with Gasteiger partial charge < -0.3 is 5.32 Å². The number of amides is 1.